The molecule has 0 bridgehead atoms. The van der Waals surface area contributed by atoms with Crippen molar-refractivity contribution >= 4 is 11.6 Å². The van der Waals surface area contributed by atoms with E-state index in [0.29, 0.717) is 11.5 Å². The summed E-state index contributed by atoms with van der Waals surface area (Å²) in [5, 5.41) is 8.71. The lowest BCUT2D eigenvalue weighted by molar-refractivity contribution is 0.0691. The van der Waals surface area contributed by atoms with Crippen molar-refractivity contribution < 1.29 is 14.6 Å². The fourth-order valence-corrected chi connectivity index (χ4v) is 1.15. The summed E-state index contributed by atoms with van der Waals surface area (Å²) in [6.07, 6.45) is 4.34. The van der Waals surface area contributed by atoms with Crippen LogP contribution >= 0.6 is 0 Å². The van der Waals surface area contributed by atoms with Gasteiger partial charge in [0.25, 0.3) is 0 Å². The molecule has 0 saturated carbocycles. The van der Waals surface area contributed by atoms with Crippen molar-refractivity contribution in [2.75, 3.05) is 7.11 Å². The highest BCUT2D eigenvalue weighted by atomic mass is 16.5. The number of fused-ring (bicyclic) bond motifs is 1. The van der Waals surface area contributed by atoms with E-state index < -0.39 is 5.97 Å². The smallest absolute Gasteiger partial charge is 0.356 e. The molecule has 0 aliphatic heterocycles. The maximum absolute atomic E-state index is 10.6. The lowest BCUT2D eigenvalue weighted by Gasteiger charge is -2.00. The Balaban J connectivity index is 2.70. The lowest BCUT2D eigenvalue weighted by Crippen LogP contribution is -1.95. The fraction of sp³-hybridized carbons (Fsp3) is 0.125. The van der Waals surface area contributed by atoms with E-state index in [9.17, 15) is 4.79 Å². The summed E-state index contributed by atoms with van der Waals surface area (Å²) < 4.78 is 6.51. The number of carboxylic acid groups (broad SMARTS) is 1. The number of hydrogen-bond acceptors (Lipinski definition) is 4. The monoisotopic (exact) mass is 193 g/mol. The molecular weight excluding hydrogens is 186 g/mol. The molecule has 0 aromatic carbocycles. The molecule has 0 atom stereocenters. The van der Waals surface area contributed by atoms with Gasteiger partial charge in [-0.25, -0.2) is 9.78 Å². The Morgan fingerprint density at radius 1 is 1.57 bits per heavy atom. The van der Waals surface area contributed by atoms with Crippen LogP contribution in [0.15, 0.2) is 18.6 Å². The third-order valence-electron chi connectivity index (χ3n) is 1.77. The minimum atomic E-state index is -1.07. The maximum Gasteiger partial charge on any atom is 0.356 e. The SMILES string of the molecule is COc1cncc2nc(C(=O)O)cn12. The minimum absolute atomic E-state index is 0.0312. The molecule has 2 aromatic rings. The van der Waals surface area contributed by atoms with Crippen LogP contribution in [0.25, 0.3) is 5.65 Å². The Morgan fingerprint density at radius 3 is 3.00 bits per heavy atom. The highest BCUT2D eigenvalue weighted by Crippen LogP contribution is 2.12. The number of carbonyl (C=O) groups is 1. The van der Waals surface area contributed by atoms with Crippen LogP contribution in [-0.4, -0.2) is 32.6 Å². The second kappa shape index (κ2) is 2.99. The van der Waals surface area contributed by atoms with Gasteiger partial charge < -0.3 is 9.84 Å². The topological polar surface area (TPSA) is 76.7 Å². The molecule has 0 aliphatic rings. The molecule has 0 aliphatic carbocycles. The molecule has 0 saturated heterocycles. The lowest BCUT2D eigenvalue weighted by atomic mass is 10.5. The van der Waals surface area contributed by atoms with Gasteiger partial charge in [-0.05, 0) is 0 Å². The first-order chi connectivity index (χ1) is 6.72. The molecule has 14 heavy (non-hydrogen) atoms. The van der Waals surface area contributed by atoms with Crippen molar-refractivity contribution in [2.45, 2.75) is 0 Å². The van der Waals surface area contributed by atoms with Crippen molar-refractivity contribution in [2.24, 2.45) is 0 Å². The number of methoxy groups -OCH3 is 1. The quantitative estimate of drug-likeness (QED) is 0.748. The third kappa shape index (κ3) is 1.17. The zero-order valence-electron chi connectivity index (χ0n) is 7.34. The van der Waals surface area contributed by atoms with Crippen LogP contribution in [0, 0.1) is 0 Å². The Morgan fingerprint density at radius 2 is 2.36 bits per heavy atom. The molecule has 0 spiro atoms. The van der Waals surface area contributed by atoms with Gasteiger partial charge in [-0.15, -0.1) is 0 Å². The van der Waals surface area contributed by atoms with Crippen molar-refractivity contribution in [1.82, 2.24) is 14.4 Å². The molecular formula is C8H7N3O3. The average molecular weight is 193 g/mol. The van der Waals surface area contributed by atoms with Gasteiger partial charge in [0.1, 0.15) is 0 Å². The molecule has 0 amide bonds. The normalized spacial score (nSPS) is 10.4. The van der Waals surface area contributed by atoms with Crippen LogP contribution in [0.4, 0.5) is 0 Å². The van der Waals surface area contributed by atoms with E-state index in [1.165, 1.54) is 30.1 Å². The van der Waals surface area contributed by atoms with Crippen LogP contribution in [0.3, 0.4) is 0 Å². The molecule has 6 heteroatoms. The number of imidazole rings is 1. The Labute approximate surface area is 78.8 Å². The van der Waals surface area contributed by atoms with Crippen molar-refractivity contribution in [3.05, 3.63) is 24.3 Å². The summed E-state index contributed by atoms with van der Waals surface area (Å²) >= 11 is 0. The zero-order valence-corrected chi connectivity index (χ0v) is 7.34. The first-order valence-electron chi connectivity index (χ1n) is 3.83. The molecule has 6 nitrogen and oxygen atoms in total. The summed E-state index contributed by atoms with van der Waals surface area (Å²) in [6, 6.07) is 0. The highest BCUT2D eigenvalue weighted by molar-refractivity contribution is 5.86. The standard InChI is InChI=1S/C8H7N3O3/c1-14-7-3-9-2-6-10-5(8(12)13)4-11(6)7/h2-4H,1H3,(H,12,13). The molecule has 0 radical (unpaired) electrons. The van der Waals surface area contributed by atoms with Crippen molar-refractivity contribution in [3.63, 3.8) is 0 Å². The molecule has 0 unspecified atom stereocenters. The van der Waals surface area contributed by atoms with Crippen molar-refractivity contribution in [1.29, 1.82) is 0 Å². The summed E-state index contributed by atoms with van der Waals surface area (Å²) in [7, 11) is 1.48. The highest BCUT2D eigenvalue weighted by Gasteiger charge is 2.10. The molecule has 0 fully saturated rings. The predicted molar refractivity (Wildman–Crippen MR) is 46.5 cm³/mol. The Hall–Kier alpha value is -2.11. The number of aromatic carboxylic acids is 1. The molecule has 2 rings (SSSR count). The first-order valence-corrected chi connectivity index (χ1v) is 3.83. The van der Waals surface area contributed by atoms with Crippen LogP contribution in [-0.2, 0) is 0 Å². The van der Waals surface area contributed by atoms with Crippen LogP contribution < -0.4 is 4.74 Å². The van der Waals surface area contributed by atoms with Gasteiger partial charge in [0.2, 0.25) is 5.88 Å². The molecule has 2 heterocycles. The van der Waals surface area contributed by atoms with Gasteiger partial charge in [0.15, 0.2) is 11.3 Å². The zero-order chi connectivity index (χ0) is 10.1. The Bertz CT molecular complexity index is 492. The van der Waals surface area contributed by atoms with E-state index in [-0.39, 0.29) is 5.69 Å². The van der Waals surface area contributed by atoms with E-state index in [4.69, 9.17) is 9.84 Å². The maximum atomic E-state index is 10.6. The van der Waals surface area contributed by atoms with Gasteiger partial charge in [-0.3, -0.25) is 9.38 Å². The largest absolute Gasteiger partial charge is 0.481 e. The van der Waals surface area contributed by atoms with Crippen LogP contribution in [0.5, 0.6) is 5.88 Å². The molecule has 2 aromatic heterocycles. The van der Waals surface area contributed by atoms with Crippen LogP contribution in [0.2, 0.25) is 0 Å². The Kier molecular flexibility index (Phi) is 1.81. The number of ether oxygens (including phenoxy) is 1. The van der Waals surface area contributed by atoms with E-state index in [2.05, 4.69) is 9.97 Å². The fourth-order valence-electron chi connectivity index (χ4n) is 1.15. The van der Waals surface area contributed by atoms with Gasteiger partial charge in [0, 0.05) is 6.20 Å². The van der Waals surface area contributed by atoms with Gasteiger partial charge in [-0.2, -0.15) is 0 Å². The van der Waals surface area contributed by atoms with Crippen molar-refractivity contribution in [3.8, 4) is 5.88 Å². The predicted octanol–water partition coefficient (Wildman–Crippen LogP) is 0.436. The average Bonchev–Trinajstić information content (AvgIpc) is 2.60. The summed E-state index contributed by atoms with van der Waals surface area (Å²) in [4.78, 5) is 18.3. The third-order valence-corrected chi connectivity index (χ3v) is 1.77. The number of rotatable bonds is 2. The van der Waals surface area contributed by atoms with E-state index in [1.54, 1.807) is 0 Å². The van der Waals surface area contributed by atoms with Crippen LogP contribution in [0.1, 0.15) is 10.5 Å². The molecule has 1 N–H and O–H groups in total. The minimum Gasteiger partial charge on any atom is -0.481 e. The number of nitrogens with zero attached hydrogens (tertiary/aromatic N) is 3. The number of hydrogen-bond donors (Lipinski definition) is 1. The summed E-state index contributed by atoms with van der Waals surface area (Å²) in [5.74, 6) is -0.627. The first kappa shape index (κ1) is 8.49. The van der Waals surface area contributed by atoms with Gasteiger partial charge in [0.05, 0.1) is 19.5 Å². The number of aromatic nitrogens is 3. The summed E-state index contributed by atoms with van der Waals surface area (Å²) in [5.41, 5.74) is 0.415. The van der Waals surface area contributed by atoms with Gasteiger partial charge >= 0.3 is 5.97 Å². The van der Waals surface area contributed by atoms with E-state index in [1.807, 2.05) is 0 Å². The van der Waals surface area contributed by atoms with E-state index in [0.717, 1.165) is 0 Å². The number of carboxylic acids is 1. The summed E-state index contributed by atoms with van der Waals surface area (Å²) in [6.45, 7) is 0. The van der Waals surface area contributed by atoms with E-state index >= 15 is 0 Å². The second-order valence-electron chi connectivity index (χ2n) is 2.61. The van der Waals surface area contributed by atoms with Gasteiger partial charge in [-0.1, -0.05) is 0 Å². The second-order valence-corrected chi connectivity index (χ2v) is 2.61. The molecule has 72 valence electrons.